The quantitative estimate of drug-likeness (QED) is 0.412. The number of methoxy groups -OCH3 is 1. The fourth-order valence-electron chi connectivity index (χ4n) is 4.92. The van der Waals surface area contributed by atoms with E-state index in [2.05, 4.69) is 70.4 Å². The van der Waals surface area contributed by atoms with Gasteiger partial charge in [-0.25, -0.2) is 0 Å². The number of fused-ring (bicyclic) bond motifs is 4. The van der Waals surface area contributed by atoms with E-state index in [0.717, 1.165) is 24.1 Å². The molecule has 3 N–H and O–H groups in total. The maximum Gasteiger partial charge on any atom is 0.251 e. The molecule has 1 aliphatic heterocycles. The number of benzene rings is 2. The number of hydrogen-bond acceptors (Lipinski definition) is 3. The first-order chi connectivity index (χ1) is 14.8. The van der Waals surface area contributed by atoms with Crippen LogP contribution in [0.15, 0.2) is 60.8 Å². The van der Waals surface area contributed by atoms with Gasteiger partial charge in [-0.3, -0.25) is 4.79 Å². The Morgan fingerprint density at radius 2 is 2.10 bits per heavy atom. The van der Waals surface area contributed by atoms with Gasteiger partial charge in [0.15, 0.2) is 0 Å². The lowest BCUT2D eigenvalue weighted by Crippen LogP contribution is -2.30. The van der Waals surface area contributed by atoms with Gasteiger partial charge in [0.1, 0.15) is 0 Å². The van der Waals surface area contributed by atoms with Gasteiger partial charge in [0.25, 0.3) is 5.91 Å². The molecule has 0 spiro atoms. The van der Waals surface area contributed by atoms with Crippen LogP contribution < -0.4 is 10.6 Å². The molecule has 30 heavy (non-hydrogen) atoms. The molecule has 3 aromatic rings. The summed E-state index contributed by atoms with van der Waals surface area (Å²) in [5.41, 5.74) is 5.54. The van der Waals surface area contributed by atoms with Crippen LogP contribution in [0.1, 0.15) is 46.3 Å². The minimum atomic E-state index is -0.0221. The molecule has 1 aromatic heterocycles. The zero-order chi connectivity index (χ0) is 20.5. The monoisotopic (exact) mass is 401 g/mol. The molecule has 3 atom stereocenters. The number of H-pyrrole nitrogens is 1. The van der Waals surface area contributed by atoms with Gasteiger partial charge < -0.3 is 20.4 Å². The number of para-hydroxylation sites is 1. The lowest BCUT2D eigenvalue weighted by atomic mass is 9.76. The molecule has 0 bridgehead atoms. The summed E-state index contributed by atoms with van der Waals surface area (Å²) >= 11 is 0. The number of allylic oxidation sites excluding steroid dienone is 2. The van der Waals surface area contributed by atoms with Crippen molar-refractivity contribution < 1.29 is 9.53 Å². The molecule has 5 heteroatoms. The Morgan fingerprint density at radius 3 is 3.00 bits per heavy atom. The van der Waals surface area contributed by atoms with Gasteiger partial charge in [0.2, 0.25) is 0 Å². The average Bonchev–Trinajstić information content (AvgIpc) is 3.43. The number of carbonyl (C=O) groups is 1. The number of aromatic amines is 1. The van der Waals surface area contributed by atoms with Crippen LogP contribution in [0.25, 0.3) is 10.9 Å². The molecule has 3 unspecified atom stereocenters. The van der Waals surface area contributed by atoms with E-state index in [4.69, 9.17) is 4.74 Å². The van der Waals surface area contributed by atoms with Gasteiger partial charge in [0, 0.05) is 54.5 Å². The van der Waals surface area contributed by atoms with Crippen LogP contribution >= 0.6 is 0 Å². The fraction of sp³-hybridized carbons (Fsp3) is 0.320. The number of amides is 1. The molecule has 1 amide bonds. The van der Waals surface area contributed by atoms with Crippen molar-refractivity contribution in [2.24, 2.45) is 5.92 Å². The zero-order valence-corrected chi connectivity index (χ0v) is 17.2. The van der Waals surface area contributed by atoms with Crippen LogP contribution in [0.2, 0.25) is 0 Å². The number of ether oxygens (including phenoxy) is 1. The van der Waals surface area contributed by atoms with Crippen LogP contribution in [0.5, 0.6) is 0 Å². The molecule has 5 nitrogen and oxygen atoms in total. The zero-order valence-electron chi connectivity index (χ0n) is 17.2. The normalized spacial score (nSPS) is 21.8. The van der Waals surface area contributed by atoms with E-state index < -0.39 is 0 Å². The summed E-state index contributed by atoms with van der Waals surface area (Å²) in [6.45, 7) is 1.27. The van der Waals surface area contributed by atoms with Crippen molar-refractivity contribution in [1.82, 2.24) is 10.3 Å². The van der Waals surface area contributed by atoms with E-state index in [0.29, 0.717) is 25.0 Å². The molecular formula is C25H27N3O2. The van der Waals surface area contributed by atoms with Crippen molar-refractivity contribution in [1.29, 1.82) is 0 Å². The summed E-state index contributed by atoms with van der Waals surface area (Å²) in [5.74, 6) is 0.740. The van der Waals surface area contributed by atoms with Crippen molar-refractivity contribution in [2.75, 3.05) is 25.6 Å². The first kappa shape index (κ1) is 18.9. The first-order valence-corrected chi connectivity index (χ1v) is 10.7. The Morgan fingerprint density at radius 1 is 1.20 bits per heavy atom. The summed E-state index contributed by atoms with van der Waals surface area (Å²) in [6, 6.07) is 14.7. The Kier molecular flexibility index (Phi) is 5.05. The SMILES string of the molecule is COCCCNC(=O)c1ccc2c(c1)C1C=CCC1C(c1c[nH]c3ccccc13)N2. The minimum Gasteiger partial charge on any atom is -0.385 e. The molecule has 0 radical (unpaired) electrons. The molecule has 2 aromatic carbocycles. The summed E-state index contributed by atoms with van der Waals surface area (Å²) in [4.78, 5) is 16.0. The Labute approximate surface area is 176 Å². The van der Waals surface area contributed by atoms with Crippen molar-refractivity contribution in [3.05, 3.63) is 77.5 Å². The van der Waals surface area contributed by atoms with Crippen molar-refractivity contribution >= 4 is 22.5 Å². The third-order valence-electron chi connectivity index (χ3n) is 6.39. The minimum absolute atomic E-state index is 0.0221. The van der Waals surface area contributed by atoms with E-state index in [1.807, 2.05) is 6.07 Å². The molecule has 154 valence electrons. The molecule has 0 saturated carbocycles. The second-order valence-electron chi connectivity index (χ2n) is 8.17. The van der Waals surface area contributed by atoms with E-state index in [1.165, 1.54) is 22.0 Å². The van der Waals surface area contributed by atoms with Crippen molar-refractivity contribution in [3.8, 4) is 0 Å². The summed E-state index contributed by atoms with van der Waals surface area (Å²) < 4.78 is 5.05. The molecule has 0 fully saturated rings. The Hall–Kier alpha value is -3.05. The predicted molar refractivity (Wildman–Crippen MR) is 120 cm³/mol. The number of rotatable bonds is 6. The van der Waals surface area contributed by atoms with E-state index in [-0.39, 0.29) is 11.9 Å². The van der Waals surface area contributed by atoms with Crippen LogP contribution in [0, 0.1) is 5.92 Å². The topological polar surface area (TPSA) is 66.1 Å². The highest BCUT2D eigenvalue weighted by Gasteiger charge is 2.39. The molecule has 2 heterocycles. The molecule has 1 aliphatic carbocycles. The lowest BCUT2D eigenvalue weighted by Gasteiger charge is -2.37. The van der Waals surface area contributed by atoms with Gasteiger partial charge in [-0.05, 0) is 54.2 Å². The van der Waals surface area contributed by atoms with Crippen LogP contribution in [-0.4, -0.2) is 31.2 Å². The molecule has 2 aliphatic rings. The molecular weight excluding hydrogens is 374 g/mol. The number of hydrogen-bond donors (Lipinski definition) is 3. The Bertz CT molecular complexity index is 1100. The van der Waals surface area contributed by atoms with E-state index >= 15 is 0 Å². The van der Waals surface area contributed by atoms with E-state index in [9.17, 15) is 4.79 Å². The van der Waals surface area contributed by atoms with Crippen LogP contribution in [0.3, 0.4) is 0 Å². The number of carbonyl (C=O) groups excluding carboxylic acids is 1. The number of nitrogens with one attached hydrogen (secondary N) is 3. The number of aromatic nitrogens is 1. The number of anilines is 1. The van der Waals surface area contributed by atoms with Gasteiger partial charge in [-0.1, -0.05) is 30.4 Å². The van der Waals surface area contributed by atoms with E-state index in [1.54, 1.807) is 7.11 Å². The third-order valence-corrected chi connectivity index (χ3v) is 6.39. The Balaban J connectivity index is 1.43. The van der Waals surface area contributed by atoms with Crippen molar-refractivity contribution in [2.45, 2.75) is 24.8 Å². The first-order valence-electron chi connectivity index (χ1n) is 10.7. The van der Waals surface area contributed by atoms with Gasteiger partial charge >= 0.3 is 0 Å². The molecule has 0 saturated heterocycles. The van der Waals surface area contributed by atoms with Crippen LogP contribution in [0.4, 0.5) is 5.69 Å². The van der Waals surface area contributed by atoms with Gasteiger partial charge in [-0.2, -0.15) is 0 Å². The van der Waals surface area contributed by atoms with Crippen LogP contribution in [-0.2, 0) is 4.74 Å². The summed E-state index contributed by atoms with van der Waals surface area (Å²) in [7, 11) is 1.67. The summed E-state index contributed by atoms with van der Waals surface area (Å²) in [6.07, 6.45) is 8.59. The maximum absolute atomic E-state index is 12.6. The highest BCUT2D eigenvalue weighted by atomic mass is 16.5. The predicted octanol–water partition coefficient (Wildman–Crippen LogP) is 4.76. The highest BCUT2D eigenvalue weighted by molar-refractivity contribution is 5.95. The van der Waals surface area contributed by atoms with Gasteiger partial charge in [-0.15, -0.1) is 0 Å². The smallest absolute Gasteiger partial charge is 0.251 e. The summed E-state index contributed by atoms with van der Waals surface area (Å²) in [5, 5.41) is 8.05. The maximum atomic E-state index is 12.6. The third kappa shape index (κ3) is 3.29. The lowest BCUT2D eigenvalue weighted by molar-refractivity contribution is 0.0948. The van der Waals surface area contributed by atoms with Crippen molar-refractivity contribution in [3.63, 3.8) is 0 Å². The second-order valence-corrected chi connectivity index (χ2v) is 8.17. The van der Waals surface area contributed by atoms with Gasteiger partial charge in [0.05, 0.1) is 6.04 Å². The fourth-order valence-corrected chi connectivity index (χ4v) is 4.92. The second kappa shape index (κ2) is 8.00. The average molecular weight is 402 g/mol. The highest BCUT2D eigenvalue weighted by Crippen LogP contribution is 2.50. The largest absolute Gasteiger partial charge is 0.385 e. The standard InChI is InChI=1S/C25H27N3O2/c1-30-13-5-12-26-25(29)16-10-11-23-20(14-16)17-7-4-8-19(17)24(28-23)21-15-27-22-9-3-2-6-18(21)22/h2-4,6-7,9-11,14-15,17,19,24,27-28H,5,8,12-13H2,1H3,(H,26,29). The molecule has 5 rings (SSSR count).